The molecule has 0 saturated carbocycles. The van der Waals surface area contributed by atoms with Crippen LogP contribution in [0.25, 0.3) is 10.9 Å². The molecule has 0 aliphatic rings. The maximum absolute atomic E-state index is 11.7. The van der Waals surface area contributed by atoms with Crippen molar-refractivity contribution in [1.82, 2.24) is 9.97 Å². The monoisotopic (exact) mass is 232 g/mol. The fourth-order valence-electron chi connectivity index (χ4n) is 1.63. The summed E-state index contributed by atoms with van der Waals surface area (Å²) in [5.74, 6) is -0.614. The van der Waals surface area contributed by atoms with E-state index < -0.39 is 11.5 Å². The second-order valence-corrected chi connectivity index (χ2v) is 3.65. The van der Waals surface area contributed by atoms with Crippen molar-refractivity contribution in [2.24, 2.45) is 0 Å². The Bertz CT molecular complexity index is 631. The molecule has 0 aliphatic heterocycles. The average molecular weight is 232 g/mol. The molecule has 0 aromatic carbocycles. The number of rotatable bonds is 2. The number of carbonyl (C=O) groups excluding carboxylic acids is 1. The van der Waals surface area contributed by atoms with Gasteiger partial charge in [0, 0.05) is 17.8 Å². The zero-order valence-corrected chi connectivity index (χ0v) is 9.61. The van der Waals surface area contributed by atoms with Crippen molar-refractivity contribution in [3.8, 4) is 0 Å². The number of hydrogen-bond donors (Lipinski definition) is 1. The Balaban J connectivity index is 2.64. The SMILES string of the molecule is CCOC(=O)c1cc2cncc(C)c2[nH]c1=O. The summed E-state index contributed by atoms with van der Waals surface area (Å²) in [6.07, 6.45) is 3.25. The first-order valence-electron chi connectivity index (χ1n) is 5.28. The highest BCUT2D eigenvalue weighted by atomic mass is 16.5. The van der Waals surface area contributed by atoms with E-state index in [4.69, 9.17) is 4.74 Å². The number of ether oxygens (including phenoxy) is 1. The molecule has 2 aromatic rings. The summed E-state index contributed by atoms with van der Waals surface area (Å²) >= 11 is 0. The predicted molar refractivity (Wildman–Crippen MR) is 63.1 cm³/mol. The summed E-state index contributed by atoms with van der Waals surface area (Å²) in [6, 6.07) is 1.51. The summed E-state index contributed by atoms with van der Waals surface area (Å²) in [6.45, 7) is 3.77. The third kappa shape index (κ3) is 2.04. The van der Waals surface area contributed by atoms with Gasteiger partial charge in [-0.2, -0.15) is 0 Å². The van der Waals surface area contributed by atoms with Gasteiger partial charge in [0.25, 0.3) is 5.56 Å². The van der Waals surface area contributed by atoms with Crippen LogP contribution in [0.5, 0.6) is 0 Å². The molecule has 2 heterocycles. The number of fused-ring (bicyclic) bond motifs is 1. The molecule has 0 aliphatic carbocycles. The van der Waals surface area contributed by atoms with E-state index in [0.717, 1.165) is 5.56 Å². The predicted octanol–water partition coefficient (Wildman–Crippen LogP) is 1.41. The Kier molecular flexibility index (Phi) is 2.91. The molecule has 0 bridgehead atoms. The van der Waals surface area contributed by atoms with Crippen LogP contribution in [0.1, 0.15) is 22.8 Å². The molecule has 1 N–H and O–H groups in total. The van der Waals surface area contributed by atoms with E-state index in [-0.39, 0.29) is 12.2 Å². The lowest BCUT2D eigenvalue weighted by Crippen LogP contribution is -2.19. The highest BCUT2D eigenvalue weighted by molar-refractivity contribution is 5.93. The quantitative estimate of drug-likeness (QED) is 0.794. The van der Waals surface area contributed by atoms with Crippen molar-refractivity contribution >= 4 is 16.9 Å². The van der Waals surface area contributed by atoms with Crippen LogP contribution < -0.4 is 5.56 Å². The first kappa shape index (κ1) is 11.3. The van der Waals surface area contributed by atoms with Gasteiger partial charge in [-0.05, 0) is 25.5 Å². The van der Waals surface area contributed by atoms with Gasteiger partial charge in [0.05, 0.1) is 12.1 Å². The van der Waals surface area contributed by atoms with Gasteiger partial charge in [0.15, 0.2) is 0 Å². The Hall–Kier alpha value is -2.17. The minimum absolute atomic E-state index is 0.00625. The maximum atomic E-state index is 11.7. The lowest BCUT2D eigenvalue weighted by molar-refractivity contribution is 0.0524. The molecule has 2 aromatic heterocycles. The molecule has 5 nitrogen and oxygen atoms in total. The van der Waals surface area contributed by atoms with Gasteiger partial charge in [-0.25, -0.2) is 4.79 Å². The first-order chi connectivity index (χ1) is 8.13. The number of nitrogens with zero attached hydrogens (tertiary/aromatic N) is 1. The smallest absolute Gasteiger partial charge is 0.343 e. The summed E-state index contributed by atoms with van der Waals surface area (Å²) in [5.41, 5.74) is 1.12. The average Bonchev–Trinajstić information content (AvgIpc) is 2.30. The molecule has 88 valence electrons. The minimum atomic E-state index is -0.614. The Morgan fingerprint density at radius 1 is 1.47 bits per heavy atom. The normalized spacial score (nSPS) is 10.5. The van der Waals surface area contributed by atoms with Crippen molar-refractivity contribution < 1.29 is 9.53 Å². The zero-order chi connectivity index (χ0) is 12.4. The molecular weight excluding hydrogens is 220 g/mol. The lowest BCUT2D eigenvalue weighted by atomic mass is 10.1. The van der Waals surface area contributed by atoms with Crippen LogP contribution in [0, 0.1) is 6.92 Å². The van der Waals surface area contributed by atoms with Crippen LogP contribution in [-0.2, 0) is 4.74 Å². The topological polar surface area (TPSA) is 72.0 Å². The van der Waals surface area contributed by atoms with Crippen molar-refractivity contribution in [3.05, 3.63) is 39.9 Å². The largest absolute Gasteiger partial charge is 0.462 e. The van der Waals surface area contributed by atoms with Gasteiger partial charge in [0.2, 0.25) is 0 Å². The van der Waals surface area contributed by atoms with E-state index in [2.05, 4.69) is 9.97 Å². The molecule has 0 radical (unpaired) electrons. The number of aromatic amines is 1. The van der Waals surface area contributed by atoms with E-state index in [1.165, 1.54) is 6.07 Å². The molecule has 0 unspecified atom stereocenters. The van der Waals surface area contributed by atoms with Gasteiger partial charge in [-0.3, -0.25) is 9.78 Å². The Labute approximate surface area is 97.4 Å². The number of aryl methyl sites for hydroxylation is 1. The number of nitrogens with one attached hydrogen (secondary N) is 1. The van der Waals surface area contributed by atoms with Crippen LogP contribution in [0.4, 0.5) is 0 Å². The number of aromatic nitrogens is 2. The molecule has 5 heteroatoms. The van der Waals surface area contributed by atoms with Crippen molar-refractivity contribution in [2.75, 3.05) is 6.61 Å². The number of H-pyrrole nitrogens is 1. The van der Waals surface area contributed by atoms with Gasteiger partial charge in [-0.1, -0.05) is 0 Å². The third-order valence-corrected chi connectivity index (χ3v) is 2.44. The van der Waals surface area contributed by atoms with Crippen LogP contribution in [0.3, 0.4) is 0 Å². The Morgan fingerprint density at radius 3 is 2.94 bits per heavy atom. The van der Waals surface area contributed by atoms with Crippen molar-refractivity contribution in [2.45, 2.75) is 13.8 Å². The van der Waals surface area contributed by atoms with E-state index >= 15 is 0 Å². The van der Waals surface area contributed by atoms with E-state index in [0.29, 0.717) is 10.9 Å². The number of pyridine rings is 2. The lowest BCUT2D eigenvalue weighted by Gasteiger charge is -2.04. The molecule has 0 spiro atoms. The van der Waals surface area contributed by atoms with Gasteiger partial charge < -0.3 is 9.72 Å². The highest BCUT2D eigenvalue weighted by Gasteiger charge is 2.13. The molecular formula is C12H12N2O3. The molecule has 17 heavy (non-hydrogen) atoms. The number of hydrogen-bond acceptors (Lipinski definition) is 4. The number of esters is 1. The van der Waals surface area contributed by atoms with Gasteiger partial charge in [-0.15, -0.1) is 0 Å². The zero-order valence-electron chi connectivity index (χ0n) is 9.61. The third-order valence-electron chi connectivity index (χ3n) is 2.44. The molecule has 0 saturated heterocycles. The highest BCUT2D eigenvalue weighted by Crippen LogP contribution is 2.13. The van der Waals surface area contributed by atoms with Crippen LogP contribution >= 0.6 is 0 Å². The van der Waals surface area contributed by atoms with Crippen molar-refractivity contribution in [1.29, 1.82) is 0 Å². The first-order valence-corrected chi connectivity index (χ1v) is 5.28. The fourth-order valence-corrected chi connectivity index (χ4v) is 1.63. The van der Waals surface area contributed by atoms with Gasteiger partial charge >= 0.3 is 5.97 Å². The summed E-state index contributed by atoms with van der Waals surface area (Å²) in [5, 5.41) is 0.715. The molecule has 0 fully saturated rings. The van der Waals surface area contributed by atoms with Crippen LogP contribution in [0.2, 0.25) is 0 Å². The second-order valence-electron chi connectivity index (χ2n) is 3.65. The van der Waals surface area contributed by atoms with Crippen LogP contribution in [0.15, 0.2) is 23.3 Å². The van der Waals surface area contributed by atoms with E-state index in [1.54, 1.807) is 19.3 Å². The standard InChI is InChI=1S/C12H12N2O3/c1-3-17-12(16)9-4-8-6-13-5-7(2)10(8)14-11(9)15/h4-6H,3H2,1-2H3,(H,14,15). The van der Waals surface area contributed by atoms with Gasteiger partial charge in [0.1, 0.15) is 5.56 Å². The summed E-state index contributed by atoms with van der Waals surface area (Å²) in [7, 11) is 0. The maximum Gasteiger partial charge on any atom is 0.343 e. The second kappa shape index (κ2) is 4.37. The molecule has 0 atom stereocenters. The summed E-state index contributed by atoms with van der Waals surface area (Å²) in [4.78, 5) is 29.9. The molecule has 2 rings (SSSR count). The molecule has 0 amide bonds. The number of carbonyl (C=O) groups is 1. The van der Waals surface area contributed by atoms with E-state index in [9.17, 15) is 9.59 Å². The fraction of sp³-hybridized carbons (Fsp3) is 0.250. The summed E-state index contributed by atoms with van der Waals surface area (Å²) < 4.78 is 4.81. The van der Waals surface area contributed by atoms with E-state index in [1.807, 2.05) is 6.92 Å². The van der Waals surface area contributed by atoms with Crippen LogP contribution in [-0.4, -0.2) is 22.5 Å². The van der Waals surface area contributed by atoms with Crippen molar-refractivity contribution in [3.63, 3.8) is 0 Å². The minimum Gasteiger partial charge on any atom is -0.462 e. The Morgan fingerprint density at radius 2 is 2.24 bits per heavy atom.